The van der Waals surface area contributed by atoms with Crippen molar-refractivity contribution in [2.45, 2.75) is 39.8 Å². The summed E-state index contributed by atoms with van der Waals surface area (Å²) in [6, 6.07) is 13.3. The van der Waals surface area contributed by atoms with E-state index in [1.165, 1.54) is 24.0 Å². The molecular formula is C26H34FN5O3. The summed E-state index contributed by atoms with van der Waals surface area (Å²) in [5, 5.41) is 5.82. The van der Waals surface area contributed by atoms with Crippen LogP contribution < -0.4 is 15.5 Å². The molecule has 0 aromatic heterocycles. The van der Waals surface area contributed by atoms with Crippen molar-refractivity contribution >= 4 is 29.2 Å². The zero-order valence-corrected chi connectivity index (χ0v) is 20.8. The highest BCUT2D eigenvalue weighted by atomic mass is 19.1. The number of benzene rings is 2. The summed E-state index contributed by atoms with van der Waals surface area (Å²) < 4.78 is 13.1. The first-order chi connectivity index (χ1) is 16.5. The van der Waals surface area contributed by atoms with E-state index in [4.69, 9.17) is 0 Å². The SMILES string of the molecule is CC(=O)N(CC(=O)Nc1ccc(N2CCN(C(=O)NC(C)(C)C)CC2)cc1)Cc1ccc(F)cc1. The number of carbonyl (C=O) groups is 3. The third kappa shape index (κ3) is 7.98. The lowest BCUT2D eigenvalue weighted by Crippen LogP contribution is -2.55. The number of amides is 4. The molecular weight excluding hydrogens is 449 g/mol. The molecule has 2 aromatic rings. The Labute approximate surface area is 206 Å². The van der Waals surface area contributed by atoms with Crippen molar-refractivity contribution in [3.8, 4) is 0 Å². The predicted molar refractivity (Wildman–Crippen MR) is 135 cm³/mol. The summed E-state index contributed by atoms with van der Waals surface area (Å²) in [5.74, 6) is -0.902. The molecule has 1 heterocycles. The molecule has 2 N–H and O–H groups in total. The van der Waals surface area contributed by atoms with E-state index in [1.807, 2.05) is 49.9 Å². The molecule has 0 aliphatic carbocycles. The number of hydrogen-bond donors (Lipinski definition) is 2. The molecule has 2 aromatic carbocycles. The highest BCUT2D eigenvalue weighted by Crippen LogP contribution is 2.20. The van der Waals surface area contributed by atoms with Gasteiger partial charge in [-0.1, -0.05) is 12.1 Å². The van der Waals surface area contributed by atoms with Crippen molar-refractivity contribution in [3.63, 3.8) is 0 Å². The molecule has 0 saturated carbocycles. The van der Waals surface area contributed by atoms with Crippen molar-refractivity contribution in [2.75, 3.05) is 42.9 Å². The Balaban J connectivity index is 1.50. The minimum atomic E-state index is -0.350. The molecule has 4 amide bonds. The number of piperazine rings is 1. The minimum Gasteiger partial charge on any atom is -0.368 e. The van der Waals surface area contributed by atoms with E-state index in [2.05, 4.69) is 15.5 Å². The van der Waals surface area contributed by atoms with E-state index in [1.54, 1.807) is 12.1 Å². The second-order valence-corrected chi connectivity index (χ2v) is 9.75. The maximum absolute atomic E-state index is 13.1. The number of nitrogens with one attached hydrogen (secondary N) is 2. The summed E-state index contributed by atoms with van der Waals surface area (Å²) in [4.78, 5) is 42.3. The van der Waals surface area contributed by atoms with Crippen LogP contribution in [-0.4, -0.2) is 65.9 Å². The van der Waals surface area contributed by atoms with E-state index in [0.717, 1.165) is 24.3 Å². The summed E-state index contributed by atoms with van der Waals surface area (Å²) in [7, 11) is 0. The highest BCUT2D eigenvalue weighted by Gasteiger charge is 2.24. The van der Waals surface area contributed by atoms with Gasteiger partial charge in [0.1, 0.15) is 12.4 Å². The van der Waals surface area contributed by atoms with Crippen LogP contribution in [0.1, 0.15) is 33.3 Å². The Morgan fingerprint density at radius 3 is 2.09 bits per heavy atom. The van der Waals surface area contributed by atoms with Gasteiger partial charge in [0, 0.05) is 56.6 Å². The fourth-order valence-corrected chi connectivity index (χ4v) is 3.79. The fourth-order valence-electron chi connectivity index (χ4n) is 3.79. The standard InChI is InChI=1S/C26H34FN5O3/c1-19(33)32(17-20-5-7-21(27)8-6-20)18-24(34)28-22-9-11-23(12-10-22)30-13-15-31(16-14-30)25(35)29-26(2,3)4/h5-12H,13-18H2,1-4H3,(H,28,34)(H,29,35). The second kappa shape index (κ2) is 11.2. The molecule has 1 aliphatic heterocycles. The first-order valence-corrected chi connectivity index (χ1v) is 11.7. The van der Waals surface area contributed by atoms with E-state index in [9.17, 15) is 18.8 Å². The Bertz CT molecular complexity index is 1030. The summed E-state index contributed by atoms with van der Waals surface area (Å²) in [6.07, 6.45) is 0. The van der Waals surface area contributed by atoms with Gasteiger partial charge >= 0.3 is 6.03 Å². The Morgan fingerprint density at radius 2 is 1.54 bits per heavy atom. The van der Waals surface area contributed by atoms with Gasteiger partial charge in [0.25, 0.3) is 0 Å². The molecule has 35 heavy (non-hydrogen) atoms. The average molecular weight is 484 g/mol. The predicted octanol–water partition coefficient (Wildman–Crippen LogP) is 3.44. The first-order valence-electron chi connectivity index (χ1n) is 11.7. The topological polar surface area (TPSA) is 85.0 Å². The molecule has 0 spiro atoms. The minimum absolute atomic E-state index is 0.0470. The van der Waals surface area contributed by atoms with Gasteiger partial charge in [-0.05, 0) is 62.7 Å². The van der Waals surface area contributed by atoms with Gasteiger partial charge in [-0.25, -0.2) is 9.18 Å². The number of rotatable bonds is 6. The molecule has 9 heteroatoms. The van der Waals surface area contributed by atoms with Gasteiger partial charge in [0.2, 0.25) is 11.8 Å². The van der Waals surface area contributed by atoms with E-state index in [-0.39, 0.29) is 42.3 Å². The van der Waals surface area contributed by atoms with Gasteiger partial charge < -0.3 is 25.3 Å². The number of hydrogen-bond acceptors (Lipinski definition) is 4. The highest BCUT2D eigenvalue weighted by molar-refractivity contribution is 5.94. The van der Waals surface area contributed by atoms with E-state index in [0.29, 0.717) is 18.8 Å². The van der Waals surface area contributed by atoms with Crippen LogP contribution in [0.4, 0.5) is 20.6 Å². The molecule has 0 bridgehead atoms. The van der Waals surface area contributed by atoms with Crippen LogP contribution in [0.15, 0.2) is 48.5 Å². The molecule has 0 atom stereocenters. The van der Waals surface area contributed by atoms with Crippen LogP contribution in [0.3, 0.4) is 0 Å². The van der Waals surface area contributed by atoms with Crippen LogP contribution in [0.25, 0.3) is 0 Å². The molecule has 0 unspecified atom stereocenters. The van der Waals surface area contributed by atoms with Crippen molar-refractivity contribution < 1.29 is 18.8 Å². The maximum Gasteiger partial charge on any atom is 0.317 e. The molecule has 1 fully saturated rings. The Hall–Kier alpha value is -3.62. The Morgan fingerprint density at radius 1 is 0.943 bits per heavy atom. The number of halogens is 1. The van der Waals surface area contributed by atoms with E-state index < -0.39 is 0 Å². The van der Waals surface area contributed by atoms with Gasteiger partial charge in [-0.3, -0.25) is 9.59 Å². The lowest BCUT2D eigenvalue weighted by atomic mass is 10.1. The van der Waals surface area contributed by atoms with Crippen LogP contribution in [0.2, 0.25) is 0 Å². The molecule has 1 aliphatic rings. The van der Waals surface area contributed by atoms with Crippen molar-refractivity contribution in [2.24, 2.45) is 0 Å². The zero-order valence-electron chi connectivity index (χ0n) is 20.8. The second-order valence-electron chi connectivity index (χ2n) is 9.75. The maximum atomic E-state index is 13.1. The van der Waals surface area contributed by atoms with Crippen molar-refractivity contribution in [1.29, 1.82) is 0 Å². The molecule has 8 nitrogen and oxygen atoms in total. The van der Waals surface area contributed by atoms with Crippen LogP contribution in [-0.2, 0) is 16.1 Å². The lowest BCUT2D eigenvalue weighted by Gasteiger charge is -2.37. The molecule has 1 saturated heterocycles. The van der Waals surface area contributed by atoms with Crippen molar-refractivity contribution in [3.05, 3.63) is 59.9 Å². The van der Waals surface area contributed by atoms with E-state index >= 15 is 0 Å². The summed E-state index contributed by atoms with van der Waals surface area (Å²) in [5.41, 5.74) is 2.12. The van der Waals surface area contributed by atoms with Gasteiger partial charge in [-0.2, -0.15) is 0 Å². The van der Waals surface area contributed by atoms with Gasteiger partial charge in [-0.15, -0.1) is 0 Å². The van der Waals surface area contributed by atoms with Crippen molar-refractivity contribution in [1.82, 2.24) is 15.1 Å². The van der Waals surface area contributed by atoms with Crippen LogP contribution >= 0.6 is 0 Å². The largest absolute Gasteiger partial charge is 0.368 e. The first kappa shape index (κ1) is 26.0. The number of anilines is 2. The fraction of sp³-hybridized carbons (Fsp3) is 0.423. The normalized spacial score (nSPS) is 13.9. The number of carbonyl (C=O) groups excluding carboxylic acids is 3. The zero-order chi connectivity index (χ0) is 25.6. The van der Waals surface area contributed by atoms with Crippen LogP contribution in [0, 0.1) is 5.82 Å². The summed E-state index contributed by atoms with van der Waals surface area (Å²) in [6.45, 7) is 10.1. The quantitative estimate of drug-likeness (QED) is 0.659. The van der Waals surface area contributed by atoms with Crippen LogP contribution in [0.5, 0.6) is 0 Å². The monoisotopic (exact) mass is 483 g/mol. The third-order valence-corrected chi connectivity index (χ3v) is 5.63. The number of nitrogens with zero attached hydrogens (tertiary/aromatic N) is 3. The van der Waals surface area contributed by atoms with Gasteiger partial charge in [0.05, 0.1) is 0 Å². The average Bonchev–Trinajstić information content (AvgIpc) is 2.79. The third-order valence-electron chi connectivity index (χ3n) is 5.63. The Kier molecular flexibility index (Phi) is 8.32. The molecule has 3 rings (SSSR count). The molecule has 0 radical (unpaired) electrons. The summed E-state index contributed by atoms with van der Waals surface area (Å²) >= 11 is 0. The smallest absolute Gasteiger partial charge is 0.317 e. The number of urea groups is 1. The molecule has 188 valence electrons. The van der Waals surface area contributed by atoms with Gasteiger partial charge in [0.15, 0.2) is 0 Å². The lowest BCUT2D eigenvalue weighted by molar-refractivity contribution is -0.133.